The number of carbonyl (C=O) groups excluding carboxylic acids is 2. The molecule has 1 unspecified atom stereocenters. The van der Waals surface area contributed by atoms with Crippen LogP contribution in [0.15, 0.2) is 12.1 Å². The average Bonchev–Trinajstić information content (AvgIpc) is 2.44. The van der Waals surface area contributed by atoms with Crippen molar-refractivity contribution < 1.29 is 23.1 Å². The van der Waals surface area contributed by atoms with Gasteiger partial charge in [0.1, 0.15) is 5.82 Å². The molecule has 0 radical (unpaired) electrons. The summed E-state index contributed by atoms with van der Waals surface area (Å²) in [6.07, 6.45) is -1.28. The van der Waals surface area contributed by atoms with E-state index < -0.39 is 36.2 Å². The molecule has 1 aliphatic heterocycles. The molecule has 114 valence electrons. The van der Waals surface area contributed by atoms with Crippen LogP contribution in [0.4, 0.5) is 14.6 Å². The van der Waals surface area contributed by atoms with Gasteiger partial charge in [-0.2, -0.15) is 5.10 Å². The number of hydrogen-bond acceptors (Lipinski definition) is 6. The third-order valence-corrected chi connectivity index (χ3v) is 3.30. The first-order valence-electron chi connectivity index (χ1n) is 6.12. The number of hydrogen-bond donors (Lipinski definition) is 2. The van der Waals surface area contributed by atoms with Crippen molar-refractivity contribution in [3.8, 4) is 0 Å². The van der Waals surface area contributed by atoms with E-state index in [-0.39, 0.29) is 17.9 Å². The highest BCUT2D eigenvalue weighted by atomic mass is 19.3. The second kappa shape index (κ2) is 5.23. The molecule has 3 N–H and O–H groups in total. The van der Waals surface area contributed by atoms with Crippen LogP contribution >= 0.6 is 0 Å². The van der Waals surface area contributed by atoms with Gasteiger partial charge in [-0.3, -0.25) is 9.59 Å². The minimum Gasteiger partial charge on any atom is -0.468 e. The molecule has 1 amide bonds. The normalized spacial score (nSPS) is 24.2. The van der Waals surface area contributed by atoms with Gasteiger partial charge in [0.15, 0.2) is 5.41 Å². The SMILES string of the molecule is COC(=O)C1(Cc2ccc(N)nn2)CC(F)(F)CNC1=O. The predicted octanol–water partition coefficient (Wildman–Crippen LogP) is -0.0841. The highest BCUT2D eigenvalue weighted by Gasteiger charge is 2.57. The minimum atomic E-state index is -3.21. The summed E-state index contributed by atoms with van der Waals surface area (Å²) in [6.45, 7) is -0.808. The van der Waals surface area contributed by atoms with Gasteiger partial charge in [-0.1, -0.05) is 0 Å². The van der Waals surface area contributed by atoms with Crippen molar-refractivity contribution in [2.45, 2.75) is 18.8 Å². The third-order valence-electron chi connectivity index (χ3n) is 3.30. The fraction of sp³-hybridized carbons (Fsp3) is 0.500. The summed E-state index contributed by atoms with van der Waals surface area (Å²) in [5, 5.41) is 9.33. The molecule has 1 aromatic rings. The zero-order valence-electron chi connectivity index (χ0n) is 11.2. The molecule has 9 heteroatoms. The number of anilines is 1. The first-order valence-corrected chi connectivity index (χ1v) is 6.12. The third kappa shape index (κ3) is 2.91. The van der Waals surface area contributed by atoms with Crippen molar-refractivity contribution in [2.24, 2.45) is 5.41 Å². The minimum absolute atomic E-state index is 0.143. The monoisotopic (exact) mass is 300 g/mol. The number of alkyl halides is 2. The molecular weight excluding hydrogens is 286 g/mol. The Morgan fingerprint density at radius 1 is 1.48 bits per heavy atom. The van der Waals surface area contributed by atoms with Crippen LogP contribution in [0.2, 0.25) is 0 Å². The van der Waals surface area contributed by atoms with Crippen molar-refractivity contribution >= 4 is 17.7 Å². The molecule has 2 rings (SSSR count). The first kappa shape index (κ1) is 15.1. The molecule has 0 aliphatic carbocycles. The molecule has 0 spiro atoms. The van der Waals surface area contributed by atoms with Gasteiger partial charge in [0.25, 0.3) is 5.92 Å². The lowest BCUT2D eigenvalue weighted by atomic mass is 9.74. The molecule has 2 heterocycles. The summed E-state index contributed by atoms with van der Waals surface area (Å²) in [5.74, 6) is -4.90. The number of carbonyl (C=O) groups is 2. The lowest BCUT2D eigenvalue weighted by Crippen LogP contribution is -2.59. The lowest BCUT2D eigenvalue weighted by molar-refractivity contribution is -0.172. The van der Waals surface area contributed by atoms with Crippen LogP contribution in [0.5, 0.6) is 0 Å². The molecule has 1 atom stereocenters. The predicted molar refractivity (Wildman–Crippen MR) is 67.2 cm³/mol. The molecular formula is C12H14F2N4O3. The Morgan fingerprint density at radius 3 is 2.76 bits per heavy atom. The van der Waals surface area contributed by atoms with Crippen molar-refractivity contribution in [3.63, 3.8) is 0 Å². The fourth-order valence-electron chi connectivity index (χ4n) is 2.31. The molecule has 7 nitrogen and oxygen atoms in total. The number of amides is 1. The molecule has 0 saturated carbocycles. The van der Waals surface area contributed by atoms with E-state index in [1.54, 1.807) is 0 Å². The van der Waals surface area contributed by atoms with Gasteiger partial charge in [-0.15, -0.1) is 5.10 Å². The van der Waals surface area contributed by atoms with E-state index in [9.17, 15) is 18.4 Å². The molecule has 1 aromatic heterocycles. The zero-order valence-corrected chi connectivity index (χ0v) is 11.2. The number of nitrogens with zero attached hydrogens (tertiary/aromatic N) is 2. The summed E-state index contributed by atoms with van der Waals surface area (Å²) in [4.78, 5) is 24.0. The van der Waals surface area contributed by atoms with Crippen LogP contribution in [0.25, 0.3) is 0 Å². The molecule has 1 saturated heterocycles. The van der Waals surface area contributed by atoms with Crippen LogP contribution in [0.1, 0.15) is 12.1 Å². The summed E-state index contributed by atoms with van der Waals surface area (Å²) in [5.41, 5.74) is 3.55. The number of nitrogen functional groups attached to an aromatic ring is 1. The van der Waals surface area contributed by atoms with Crippen LogP contribution in [0.3, 0.4) is 0 Å². The van der Waals surface area contributed by atoms with Gasteiger partial charge < -0.3 is 15.8 Å². The lowest BCUT2D eigenvalue weighted by Gasteiger charge is -2.37. The van der Waals surface area contributed by atoms with Gasteiger partial charge in [0.2, 0.25) is 5.91 Å². The fourth-order valence-corrected chi connectivity index (χ4v) is 2.31. The summed E-state index contributed by atoms with van der Waals surface area (Å²) < 4.78 is 31.9. The molecule has 0 bridgehead atoms. The maximum Gasteiger partial charge on any atom is 0.322 e. The summed E-state index contributed by atoms with van der Waals surface area (Å²) >= 11 is 0. The highest BCUT2D eigenvalue weighted by Crippen LogP contribution is 2.39. The second-order valence-corrected chi connectivity index (χ2v) is 4.92. The van der Waals surface area contributed by atoms with Crippen molar-refractivity contribution in [2.75, 3.05) is 19.4 Å². The number of nitrogens with two attached hydrogens (primary N) is 1. The van der Waals surface area contributed by atoms with Crippen LogP contribution in [-0.2, 0) is 20.7 Å². The van der Waals surface area contributed by atoms with E-state index in [4.69, 9.17) is 5.73 Å². The summed E-state index contributed by atoms with van der Waals surface area (Å²) in [6, 6.07) is 2.83. The van der Waals surface area contributed by atoms with Gasteiger partial charge in [0, 0.05) is 12.8 Å². The van der Waals surface area contributed by atoms with Crippen LogP contribution in [0, 0.1) is 5.41 Å². The first-order chi connectivity index (χ1) is 9.79. The molecule has 1 fully saturated rings. The summed E-state index contributed by atoms with van der Waals surface area (Å²) in [7, 11) is 1.04. The van der Waals surface area contributed by atoms with Gasteiger partial charge in [-0.25, -0.2) is 8.78 Å². The van der Waals surface area contributed by atoms with E-state index in [0.717, 1.165) is 7.11 Å². The maximum absolute atomic E-state index is 13.7. The van der Waals surface area contributed by atoms with Gasteiger partial charge in [-0.05, 0) is 12.1 Å². The Labute approximate surface area is 118 Å². The maximum atomic E-state index is 13.7. The van der Waals surface area contributed by atoms with Crippen LogP contribution in [-0.4, -0.2) is 41.7 Å². The number of methoxy groups -OCH3 is 1. The van der Waals surface area contributed by atoms with E-state index >= 15 is 0 Å². The number of halogens is 2. The van der Waals surface area contributed by atoms with E-state index in [0.29, 0.717) is 0 Å². The topological polar surface area (TPSA) is 107 Å². The molecule has 1 aliphatic rings. The number of aromatic nitrogens is 2. The van der Waals surface area contributed by atoms with Gasteiger partial charge in [0.05, 0.1) is 19.3 Å². The number of ether oxygens (including phenoxy) is 1. The Bertz CT molecular complexity index is 554. The molecule has 0 aromatic carbocycles. The smallest absolute Gasteiger partial charge is 0.322 e. The average molecular weight is 300 g/mol. The Balaban J connectivity index is 2.39. The standard InChI is InChI=1S/C12H14F2N4O3/c1-21-10(20)11(4-7-2-3-8(15)18-17-7)5-12(13,14)6-16-9(11)19/h2-3H,4-6H2,1H3,(H2,15,18)(H,16,19). The van der Waals surface area contributed by atoms with E-state index in [1.165, 1.54) is 12.1 Å². The Kier molecular flexibility index (Phi) is 3.75. The quantitative estimate of drug-likeness (QED) is 0.597. The zero-order chi connectivity index (χ0) is 15.7. The van der Waals surface area contributed by atoms with Crippen LogP contribution < -0.4 is 11.1 Å². The Hall–Kier alpha value is -2.32. The van der Waals surface area contributed by atoms with E-state index in [1.807, 2.05) is 5.32 Å². The highest BCUT2D eigenvalue weighted by molar-refractivity contribution is 6.03. The van der Waals surface area contributed by atoms with Crippen molar-refractivity contribution in [3.05, 3.63) is 17.8 Å². The second-order valence-electron chi connectivity index (χ2n) is 4.92. The van der Waals surface area contributed by atoms with Crippen molar-refractivity contribution in [1.82, 2.24) is 15.5 Å². The number of piperidine rings is 1. The van der Waals surface area contributed by atoms with E-state index in [2.05, 4.69) is 14.9 Å². The molecule has 21 heavy (non-hydrogen) atoms. The largest absolute Gasteiger partial charge is 0.468 e. The number of esters is 1. The van der Waals surface area contributed by atoms with Gasteiger partial charge >= 0.3 is 5.97 Å². The number of nitrogens with one attached hydrogen (secondary N) is 1. The van der Waals surface area contributed by atoms with Crippen molar-refractivity contribution in [1.29, 1.82) is 0 Å². The number of rotatable bonds is 3. The Morgan fingerprint density at radius 2 is 2.19 bits per heavy atom.